The van der Waals surface area contributed by atoms with Crippen LogP contribution in [0.1, 0.15) is 21.0 Å². The number of hydrogen-bond donors (Lipinski definition) is 0. The third-order valence-electron chi connectivity index (χ3n) is 3.11. The lowest BCUT2D eigenvalue weighted by Crippen LogP contribution is -2.29. The SMILES string of the molecule is O=C(c1ccnc(Cl)c1)N(Cc1ccco1)Cc1cccs1. The molecule has 22 heavy (non-hydrogen) atoms. The van der Waals surface area contributed by atoms with Crippen LogP contribution in [0.2, 0.25) is 5.15 Å². The van der Waals surface area contributed by atoms with Gasteiger partial charge in [0.05, 0.1) is 19.4 Å². The quantitative estimate of drug-likeness (QED) is 0.657. The number of carbonyl (C=O) groups excluding carboxylic acids is 1. The topological polar surface area (TPSA) is 46.3 Å². The fourth-order valence-electron chi connectivity index (χ4n) is 2.10. The Labute approximate surface area is 137 Å². The van der Waals surface area contributed by atoms with Crippen LogP contribution in [0.15, 0.2) is 58.7 Å². The second-order valence-electron chi connectivity index (χ2n) is 4.69. The number of hydrogen-bond acceptors (Lipinski definition) is 4. The summed E-state index contributed by atoms with van der Waals surface area (Å²) in [7, 11) is 0. The first-order valence-corrected chi connectivity index (χ1v) is 7.94. The van der Waals surface area contributed by atoms with Gasteiger partial charge in [-0.25, -0.2) is 4.98 Å². The van der Waals surface area contributed by atoms with E-state index in [1.807, 2.05) is 29.6 Å². The molecule has 112 valence electrons. The molecule has 0 unspecified atom stereocenters. The number of carbonyl (C=O) groups is 1. The number of furan rings is 1. The van der Waals surface area contributed by atoms with Gasteiger partial charge in [0.25, 0.3) is 5.91 Å². The number of aromatic nitrogens is 1. The van der Waals surface area contributed by atoms with Gasteiger partial charge in [-0.3, -0.25) is 4.79 Å². The molecule has 4 nitrogen and oxygen atoms in total. The van der Waals surface area contributed by atoms with Crippen LogP contribution in [-0.2, 0) is 13.1 Å². The lowest BCUT2D eigenvalue weighted by Gasteiger charge is -2.21. The van der Waals surface area contributed by atoms with Crippen LogP contribution in [0, 0.1) is 0 Å². The first kappa shape index (κ1) is 14.8. The van der Waals surface area contributed by atoms with E-state index in [1.54, 1.807) is 34.6 Å². The molecule has 0 bridgehead atoms. The molecule has 0 spiro atoms. The molecule has 0 fully saturated rings. The van der Waals surface area contributed by atoms with E-state index in [0.29, 0.717) is 23.8 Å². The molecule has 0 saturated carbocycles. The first-order chi connectivity index (χ1) is 10.7. The van der Waals surface area contributed by atoms with Crippen molar-refractivity contribution in [2.24, 2.45) is 0 Å². The molecule has 0 aliphatic carbocycles. The Hall–Kier alpha value is -2.11. The van der Waals surface area contributed by atoms with Crippen LogP contribution in [-0.4, -0.2) is 15.8 Å². The Morgan fingerprint density at radius 1 is 1.27 bits per heavy atom. The molecule has 0 aliphatic rings. The van der Waals surface area contributed by atoms with Crippen molar-refractivity contribution >= 4 is 28.8 Å². The number of nitrogens with zero attached hydrogens (tertiary/aromatic N) is 2. The predicted molar refractivity (Wildman–Crippen MR) is 85.9 cm³/mol. The van der Waals surface area contributed by atoms with Crippen molar-refractivity contribution in [1.29, 1.82) is 0 Å². The molecule has 0 N–H and O–H groups in total. The zero-order chi connectivity index (χ0) is 15.4. The summed E-state index contributed by atoms with van der Waals surface area (Å²) in [6, 6.07) is 10.9. The summed E-state index contributed by atoms with van der Waals surface area (Å²) in [6.07, 6.45) is 3.14. The smallest absolute Gasteiger partial charge is 0.254 e. The third kappa shape index (κ3) is 3.55. The number of thiophene rings is 1. The Morgan fingerprint density at radius 2 is 2.18 bits per heavy atom. The van der Waals surface area contributed by atoms with E-state index in [0.717, 1.165) is 10.6 Å². The summed E-state index contributed by atoms with van der Waals surface area (Å²) in [5.74, 6) is 0.638. The fraction of sp³-hybridized carbons (Fsp3) is 0.125. The van der Waals surface area contributed by atoms with Crippen molar-refractivity contribution in [2.75, 3.05) is 0 Å². The lowest BCUT2D eigenvalue weighted by molar-refractivity contribution is 0.0719. The minimum atomic E-state index is -0.103. The van der Waals surface area contributed by atoms with E-state index >= 15 is 0 Å². The van der Waals surface area contributed by atoms with E-state index in [2.05, 4.69) is 4.98 Å². The molecule has 3 aromatic rings. The van der Waals surface area contributed by atoms with Crippen LogP contribution >= 0.6 is 22.9 Å². The number of amides is 1. The second-order valence-corrected chi connectivity index (χ2v) is 6.11. The maximum atomic E-state index is 12.8. The van der Waals surface area contributed by atoms with Gasteiger partial charge in [0.1, 0.15) is 10.9 Å². The molecule has 0 aromatic carbocycles. The van der Waals surface area contributed by atoms with Crippen molar-refractivity contribution in [1.82, 2.24) is 9.88 Å². The summed E-state index contributed by atoms with van der Waals surface area (Å²) in [4.78, 5) is 19.5. The Morgan fingerprint density at radius 3 is 2.86 bits per heavy atom. The average molecular weight is 333 g/mol. The summed E-state index contributed by atoms with van der Waals surface area (Å²) < 4.78 is 5.36. The van der Waals surface area contributed by atoms with Gasteiger partial charge in [0, 0.05) is 16.6 Å². The van der Waals surface area contributed by atoms with Crippen LogP contribution < -0.4 is 0 Å². The monoisotopic (exact) mass is 332 g/mol. The Balaban J connectivity index is 1.85. The van der Waals surface area contributed by atoms with Crippen molar-refractivity contribution < 1.29 is 9.21 Å². The zero-order valence-electron chi connectivity index (χ0n) is 11.6. The highest BCUT2D eigenvalue weighted by atomic mass is 35.5. The van der Waals surface area contributed by atoms with Gasteiger partial charge >= 0.3 is 0 Å². The maximum absolute atomic E-state index is 12.8. The number of rotatable bonds is 5. The van der Waals surface area contributed by atoms with Crippen molar-refractivity contribution in [3.63, 3.8) is 0 Å². The van der Waals surface area contributed by atoms with E-state index in [-0.39, 0.29) is 5.91 Å². The standard InChI is InChI=1S/C16H13ClN2O2S/c17-15-9-12(5-6-18-15)16(20)19(10-13-3-1-7-21-13)11-14-4-2-8-22-14/h1-9H,10-11H2. The highest BCUT2D eigenvalue weighted by molar-refractivity contribution is 7.09. The van der Waals surface area contributed by atoms with Crippen molar-refractivity contribution in [3.8, 4) is 0 Å². The molecule has 1 amide bonds. The van der Waals surface area contributed by atoms with Gasteiger partial charge in [-0.1, -0.05) is 17.7 Å². The molecule has 0 saturated heterocycles. The zero-order valence-corrected chi connectivity index (χ0v) is 13.2. The second kappa shape index (κ2) is 6.77. The number of halogens is 1. The molecule has 3 rings (SSSR count). The van der Waals surface area contributed by atoms with Gasteiger partial charge in [-0.05, 0) is 35.7 Å². The highest BCUT2D eigenvalue weighted by Gasteiger charge is 2.18. The summed E-state index contributed by atoms with van der Waals surface area (Å²) in [5.41, 5.74) is 0.517. The minimum Gasteiger partial charge on any atom is -0.467 e. The van der Waals surface area contributed by atoms with Gasteiger partial charge in [0.15, 0.2) is 0 Å². The summed E-state index contributed by atoms with van der Waals surface area (Å²) in [5, 5.41) is 2.30. The van der Waals surface area contributed by atoms with E-state index in [1.165, 1.54) is 6.20 Å². The first-order valence-electron chi connectivity index (χ1n) is 6.68. The molecular weight excluding hydrogens is 320 g/mol. The van der Waals surface area contributed by atoms with E-state index < -0.39 is 0 Å². The van der Waals surface area contributed by atoms with E-state index in [9.17, 15) is 4.79 Å². The van der Waals surface area contributed by atoms with Crippen molar-refractivity contribution in [2.45, 2.75) is 13.1 Å². The largest absolute Gasteiger partial charge is 0.467 e. The predicted octanol–water partition coefficient (Wildman–Crippen LogP) is 4.23. The molecule has 0 aliphatic heterocycles. The normalized spacial score (nSPS) is 10.6. The van der Waals surface area contributed by atoms with Gasteiger partial charge in [0.2, 0.25) is 0 Å². The molecular formula is C16H13ClN2O2S. The van der Waals surface area contributed by atoms with Crippen LogP contribution in [0.5, 0.6) is 0 Å². The van der Waals surface area contributed by atoms with Gasteiger partial charge in [-0.2, -0.15) is 0 Å². The van der Waals surface area contributed by atoms with Crippen LogP contribution in [0.25, 0.3) is 0 Å². The molecule has 6 heteroatoms. The Kier molecular flexibility index (Phi) is 4.56. The van der Waals surface area contributed by atoms with Crippen LogP contribution in [0.4, 0.5) is 0 Å². The molecule has 0 radical (unpaired) electrons. The number of pyridine rings is 1. The van der Waals surface area contributed by atoms with Gasteiger partial charge < -0.3 is 9.32 Å². The van der Waals surface area contributed by atoms with Gasteiger partial charge in [-0.15, -0.1) is 11.3 Å². The molecule has 0 atom stereocenters. The average Bonchev–Trinajstić information content (AvgIpc) is 3.19. The highest BCUT2D eigenvalue weighted by Crippen LogP contribution is 2.18. The summed E-state index contributed by atoms with van der Waals surface area (Å²) >= 11 is 7.50. The lowest BCUT2D eigenvalue weighted by atomic mass is 10.2. The minimum absolute atomic E-state index is 0.103. The molecule has 3 heterocycles. The van der Waals surface area contributed by atoms with E-state index in [4.69, 9.17) is 16.0 Å². The summed E-state index contributed by atoms with van der Waals surface area (Å²) in [6.45, 7) is 0.931. The fourth-order valence-corrected chi connectivity index (χ4v) is 2.99. The van der Waals surface area contributed by atoms with Crippen molar-refractivity contribution in [3.05, 3.63) is 75.6 Å². The Bertz CT molecular complexity index is 705. The molecule has 3 aromatic heterocycles. The van der Waals surface area contributed by atoms with Crippen LogP contribution in [0.3, 0.4) is 0 Å². The third-order valence-corrected chi connectivity index (χ3v) is 4.18. The maximum Gasteiger partial charge on any atom is 0.254 e.